The molecular formula is C18H17BrN4. The molecule has 0 unspecified atom stereocenters. The lowest BCUT2D eigenvalue weighted by Gasteiger charge is -2.18. The predicted octanol–water partition coefficient (Wildman–Crippen LogP) is 4.62. The van der Waals surface area contributed by atoms with Gasteiger partial charge in [-0.3, -0.25) is 0 Å². The third kappa shape index (κ3) is 4.29. The molecule has 3 aromatic rings. The highest BCUT2D eigenvalue weighted by molar-refractivity contribution is 9.10. The molecule has 0 spiro atoms. The van der Waals surface area contributed by atoms with Crippen molar-refractivity contribution in [1.29, 1.82) is 0 Å². The molecule has 4 nitrogen and oxygen atoms in total. The van der Waals surface area contributed by atoms with E-state index >= 15 is 0 Å². The van der Waals surface area contributed by atoms with Crippen molar-refractivity contribution in [2.45, 2.75) is 6.54 Å². The highest BCUT2D eigenvalue weighted by Crippen LogP contribution is 2.20. The Morgan fingerprint density at radius 3 is 2.65 bits per heavy atom. The Balaban J connectivity index is 1.74. The summed E-state index contributed by atoms with van der Waals surface area (Å²) in [7, 11) is 2.03. The maximum absolute atomic E-state index is 4.58. The van der Waals surface area contributed by atoms with Gasteiger partial charge in [0.2, 0.25) is 5.95 Å². The average Bonchev–Trinajstić information content (AvgIpc) is 2.56. The van der Waals surface area contributed by atoms with Crippen molar-refractivity contribution in [2.75, 3.05) is 17.3 Å². The van der Waals surface area contributed by atoms with Gasteiger partial charge in [0.15, 0.2) is 0 Å². The fourth-order valence-corrected chi connectivity index (χ4v) is 2.65. The zero-order chi connectivity index (χ0) is 16.1. The molecule has 1 aromatic heterocycles. The highest BCUT2D eigenvalue weighted by atomic mass is 79.9. The van der Waals surface area contributed by atoms with Crippen LogP contribution in [0.1, 0.15) is 5.56 Å². The van der Waals surface area contributed by atoms with Crippen LogP contribution in [0.3, 0.4) is 0 Å². The molecule has 0 bridgehead atoms. The van der Waals surface area contributed by atoms with Crippen LogP contribution in [-0.4, -0.2) is 17.0 Å². The number of benzene rings is 2. The quantitative estimate of drug-likeness (QED) is 0.713. The largest absolute Gasteiger partial charge is 0.355 e. The molecule has 3 rings (SSSR count). The van der Waals surface area contributed by atoms with Gasteiger partial charge in [-0.2, -0.15) is 4.98 Å². The highest BCUT2D eigenvalue weighted by Gasteiger charge is 2.06. The first-order valence-electron chi connectivity index (χ1n) is 7.31. The maximum atomic E-state index is 4.58. The van der Waals surface area contributed by atoms with Crippen molar-refractivity contribution in [3.63, 3.8) is 0 Å². The van der Waals surface area contributed by atoms with E-state index in [0.717, 1.165) is 22.5 Å². The summed E-state index contributed by atoms with van der Waals surface area (Å²) >= 11 is 3.46. The number of rotatable bonds is 5. The number of nitrogens with zero attached hydrogens (tertiary/aromatic N) is 3. The molecule has 0 aliphatic rings. The van der Waals surface area contributed by atoms with E-state index in [9.17, 15) is 0 Å². The van der Waals surface area contributed by atoms with Crippen molar-refractivity contribution < 1.29 is 0 Å². The van der Waals surface area contributed by atoms with E-state index in [2.05, 4.69) is 48.2 Å². The topological polar surface area (TPSA) is 41.1 Å². The fraction of sp³-hybridized carbons (Fsp3) is 0.111. The summed E-state index contributed by atoms with van der Waals surface area (Å²) in [5, 5.41) is 3.22. The minimum absolute atomic E-state index is 0.584. The molecule has 0 radical (unpaired) electrons. The molecule has 1 heterocycles. The fourth-order valence-electron chi connectivity index (χ4n) is 2.26. The molecule has 116 valence electrons. The van der Waals surface area contributed by atoms with E-state index in [-0.39, 0.29) is 0 Å². The first-order valence-corrected chi connectivity index (χ1v) is 8.11. The first kappa shape index (κ1) is 15.5. The Morgan fingerprint density at radius 1 is 1.04 bits per heavy atom. The Bertz CT molecular complexity index is 777. The Morgan fingerprint density at radius 2 is 1.87 bits per heavy atom. The predicted molar refractivity (Wildman–Crippen MR) is 98.0 cm³/mol. The Kier molecular flexibility index (Phi) is 4.88. The second-order valence-electron chi connectivity index (χ2n) is 5.22. The number of hydrogen-bond donors (Lipinski definition) is 1. The van der Waals surface area contributed by atoms with Gasteiger partial charge in [-0.15, -0.1) is 0 Å². The van der Waals surface area contributed by atoms with E-state index in [1.54, 1.807) is 6.20 Å². The summed E-state index contributed by atoms with van der Waals surface area (Å²) in [6, 6.07) is 20.2. The van der Waals surface area contributed by atoms with Crippen molar-refractivity contribution >= 4 is 33.4 Å². The molecule has 0 aliphatic carbocycles. The molecule has 0 saturated heterocycles. The summed E-state index contributed by atoms with van der Waals surface area (Å²) in [5.74, 6) is 1.46. The number of anilines is 3. The lowest BCUT2D eigenvalue weighted by Crippen LogP contribution is -2.18. The van der Waals surface area contributed by atoms with Gasteiger partial charge in [0.25, 0.3) is 0 Å². The summed E-state index contributed by atoms with van der Waals surface area (Å²) in [5.41, 5.74) is 2.19. The third-order valence-corrected chi connectivity index (χ3v) is 3.87. The minimum Gasteiger partial charge on any atom is -0.355 e. The Labute approximate surface area is 144 Å². The molecule has 1 N–H and O–H groups in total. The molecule has 23 heavy (non-hydrogen) atoms. The smallest absolute Gasteiger partial charge is 0.229 e. The van der Waals surface area contributed by atoms with Gasteiger partial charge >= 0.3 is 0 Å². The summed E-state index contributed by atoms with van der Waals surface area (Å²) in [6.07, 6.45) is 1.77. The van der Waals surface area contributed by atoms with Gasteiger partial charge in [-0.1, -0.05) is 52.3 Å². The first-order chi connectivity index (χ1) is 11.2. The zero-order valence-electron chi connectivity index (χ0n) is 12.8. The van der Waals surface area contributed by atoms with Crippen molar-refractivity contribution in [3.8, 4) is 0 Å². The van der Waals surface area contributed by atoms with Gasteiger partial charge in [0.1, 0.15) is 5.82 Å². The third-order valence-electron chi connectivity index (χ3n) is 3.38. The van der Waals surface area contributed by atoms with Gasteiger partial charge in [0.05, 0.1) is 0 Å². The lowest BCUT2D eigenvalue weighted by molar-refractivity contribution is 0.893. The van der Waals surface area contributed by atoms with Crippen LogP contribution in [0.4, 0.5) is 17.5 Å². The molecular weight excluding hydrogens is 352 g/mol. The van der Waals surface area contributed by atoms with Crippen LogP contribution >= 0.6 is 15.9 Å². The molecule has 2 aromatic carbocycles. The molecule has 5 heteroatoms. The second kappa shape index (κ2) is 7.24. The number of hydrogen-bond acceptors (Lipinski definition) is 4. The van der Waals surface area contributed by atoms with E-state index in [1.807, 2.05) is 55.6 Å². The monoisotopic (exact) mass is 368 g/mol. The zero-order valence-corrected chi connectivity index (χ0v) is 14.4. The van der Waals surface area contributed by atoms with Crippen molar-refractivity contribution in [3.05, 3.63) is 76.9 Å². The van der Waals surface area contributed by atoms with Crippen LogP contribution in [0.5, 0.6) is 0 Å². The molecule has 0 atom stereocenters. The second-order valence-corrected chi connectivity index (χ2v) is 6.13. The van der Waals surface area contributed by atoms with Crippen LogP contribution < -0.4 is 10.2 Å². The molecule has 0 fully saturated rings. The summed E-state index contributed by atoms with van der Waals surface area (Å²) in [6.45, 7) is 0.800. The lowest BCUT2D eigenvalue weighted by atomic mass is 10.2. The van der Waals surface area contributed by atoms with E-state index in [0.29, 0.717) is 5.95 Å². The van der Waals surface area contributed by atoms with E-state index in [1.165, 1.54) is 5.56 Å². The number of aromatic nitrogens is 2. The van der Waals surface area contributed by atoms with Gasteiger partial charge < -0.3 is 10.2 Å². The van der Waals surface area contributed by atoms with Crippen LogP contribution in [0.2, 0.25) is 0 Å². The van der Waals surface area contributed by atoms with Crippen LogP contribution in [0.15, 0.2) is 71.3 Å². The summed E-state index contributed by atoms with van der Waals surface area (Å²) in [4.78, 5) is 11.0. The van der Waals surface area contributed by atoms with Gasteiger partial charge in [-0.25, -0.2) is 4.98 Å². The Hall–Kier alpha value is -2.40. The van der Waals surface area contributed by atoms with Crippen LogP contribution in [-0.2, 0) is 6.54 Å². The average molecular weight is 369 g/mol. The maximum Gasteiger partial charge on any atom is 0.229 e. The van der Waals surface area contributed by atoms with Gasteiger partial charge in [-0.05, 0) is 29.8 Å². The number of halogens is 1. The molecule has 0 saturated carbocycles. The van der Waals surface area contributed by atoms with Crippen LogP contribution in [0, 0.1) is 0 Å². The van der Waals surface area contributed by atoms with E-state index in [4.69, 9.17) is 0 Å². The van der Waals surface area contributed by atoms with Crippen LogP contribution in [0.25, 0.3) is 0 Å². The standard InChI is InChI=1S/C18H17BrN4/c1-23(13-14-6-3-2-4-7-14)17-10-11-20-18(22-17)21-16-9-5-8-15(19)12-16/h2-12H,13H2,1H3,(H,20,21,22). The normalized spacial score (nSPS) is 10.3. The molecule has 0 amide bonds. The van der Waals surface area contributed by atoms with E-state index < -0.39 is 0 Å². The van der Waals surface area contributed by atoms with Gasteiger partial charge in [0, 0.05) is 29.9 Å². The SMILES string of the molecule is CN(Cc1ccccc1)c1ccnc(Nc2cccc(Br)c2)n1. The minimum atomic E-state index is 0.584. The molecule has 0 aliphatic heterocycles. The summed E-state index contributed by atoms with van der Waals surface area (Å²) < 4.78 is 1.01. The van der Waals surface area contributed by atoms with Crippen molar-refractivity contribution in [2.24, 2.45) is 0 Å². The number of nitrogens with one attached hydrogen (secondary N) is 1. The van der Waals surface area contributed by atoms with Crippen molar-refractivity contribution in [1.82, 2.24) is 9.97 Å².